The Balaban J connectivity index is 1.55. The number of carbonyl (C=O) groups is 4. The summed E-state index contributed by atoms with van der Waals surface area (Å²) in [6, 6.07) is 4.50. The average molecular weight is 389 g/mol. The molecule has 2 aliphatic rings. The third-order valence-electron chi connectivity index (χ3n) is 4.32. The first kappa shape index (κ1) is 19.8. The quantitative estimate of drug-likeness (QED) is 0.628. The van der Waals surface area contributed by atoms with E-state index in [9.17, 15) is 19.2 Å². The van der Waals surface area contributed by atoms with Crippen LogP contribution in [0.4, 0.5) is 0 Å². The summed E-state index contributed by atoms with van der Waals surface area (Å²) in [5, 5.41) is 5.48. The van der Waals surface area contributed by atoms with Crippen molar-refractivity contribution < 1.29 is 28.7 Å². The van der Waals surface area contributed by atoms with Gasteiger partial charge in [0, 0.05) is 12.1 Å². The number of hydrogen-bond acceptors (Lipinski definition) is 7. The van der Waals surface area contributed by atoms with Crippen molar-refractivity contribution in [3.8, 4) is 0 Å². The van der Waals surface area contributed by atoms with Gasteiger partial charge in [0.15, 0.2) is 12.2 Å². The standard InChI is InChI=1S/C19H23N3O6/c1-10(16(23)20-12-6-7-12)27-18(25)14-4-3-5-15(22-14)19(26)28-11(2)17(24)21-13-8-9-13/h3-5,10-13H,6-9H2,1-2H3,(H,20,23)(H,21,24)/t10-,11-/m1/s1. The first-order valence-electron chi connectivity index (χ1n) is 9.33. The van der Waals surface area contributed by atoms with Gasteiger partial charge in [-0.05, 0) is 51.7 Å². The van der Waals surface area contributed by atoms with Gasteiger partial charge in [-0.25, -0.2) is 14.6 Å². The Morgan fingerprint density at radius 3 is 1.61 bits per heavy atom. The molecule has 9 nitrogen and oxygen atoms in total. The smallest absolute Gasteiger partial charge is 0.357 e. The van der Waals surface area contributed by atoms with Gasteiger partial charge < -0.3 is 20.1 Å². The first-order valence-corrected chi connectivity index (χ1v) is 9.33. The van der Waals surface area contributed by atoms with Crippen LogP contribution in [0.25, 0.3) is 0 Å². The van der Waals surface area contributed by atoms with Crippen molar-refractivity contribution in [2.24, 2.45) is 0 Å². The summed E-state index contributed by atoms with van der Waals surface area (Å²) in [5.41, 5.74) is -0.258. The fourth-order valence-corrected chi connectivity index (χ4v) is 2.30. The molecule has 0 radical (unpaired) electrons. The van der Waals surface area contributed by atoms with Crippen molar-refractivity contribution in [1.82, 2.24) is 15.6 Å². The summed E-state index contributed by atoms with van der Waals surface area (Å²) in [4.78, 5) is 52.1. The van der Waals surface area contributed by atoms with Gasteiger partial charge in [0.05, 0.1) is 0 Å². The van der Waals surface area contributed by atoms with Gasteiger partial charge in [0.1, 0.15) is 11.4 Å². The Morgan fingerprint density at radius 2 is 1.25 bits per heavy atom. The summed E-state index contributed by atoms with van der Waals surface area (Å²) < 4.78 is 10.2. The minimum Gasteiger partial charge on any atom is -0.448 e. The van der Waals surface area contributed by atoms with Crippen LogP contribution < -0.4 is 10.6 Å². The lowest BCUT2D eigenvalue weighted by atomic mass is 10.3. The highest BCUT2D eigenvalue weighted by molar-refractivity contribution is 5.94. The summed E-state index contributed by atoms with van der Waals surface area (Å²) in [6.45, 7) is 2.93. The molecular weight excluding hydrogens is 366 g/mol. The summed E-state index contributed by atoms with van der Waals surface area (Å²) in [5.74, 6) is -2.40. The highest BCUT2D eigenvalue weighted by Crippen LogP contribution is 2.19. The Hall–Kier alpha value is -2.97. The third kappa shape index (κ3) is 5.51. The van der Waals surface area contributed by atoms with E-state index in [-0.39, 0.29) is 35.3 Å². The molecule has 9 heteroatoms. The average Bonchev–Trinajstić information content (AvgIpc) is 3.58. The number of nitrogens with one attached hydrogen (secondary N) is 2. The second-order valence-corrected chi connectivity index (χ2v) is 7.07. The first-order chi connectivity index (χ1) is 13.3. The maximum atomic E-state index is 12.2. The molecule has 150 valence electrons. The maximum absolute atomic E-state index is 12.2. The van der Waals surface area contributed by atoms with Crippen LogP contribution in [0.1, 0.15) is 60.5 Å². The van der Waals surface area contributed by atoms with Crippen molar-refractivity contribution in [1.29, 1.82) is 0 Å². The van der Waals surface area contributed by atoms with Gasteiger partial charge in [0.2, 0.25) is 0 Å². The summed E-state index contributed by atoms with van der Waals surface area (Å²) in [7, 11) is 0. The molecule has 3 rings (SSSR count). The van der Waals surface area contributed by atoms with Crippen LogP contribution in [-0.4, -0.2) is 53.0 Å². The monoisotopic (exact) mass is 389 g/mol. The van der Waals surface area contributed by atoms with Crippen LogP contribution >= 0.6 is 0 Å². The van der Waals surface area contributed by atoms with Crippen LogP contribution in [-0.2, 0) is 19.1 Å². The van der Waals surface area contributed by atoms with Crippen molar-refractivity contribution >= 4 is 23.8 Å². The lowest BCUT2D eigenvalue weighted by Gasteiger charge is -2.14. The maximum Gasteiger partial charge on any atom is 0.357 e. The molecule has 2 aliphatic carbocycles. The lowest BCUT2D eigenvalue weighted by Crippen LogP contribution is -2.37. The Kier molecular flexibility index (Phi) is 5.91. The number of esters is 2. The number of amides is 2. The third-order valence-corrected chi connectivity index (χ3v) is 4.32. The van der Waals surface area contributed by atoms with E-state index in [1.165, 1.54) is 32.0 Å². The molecule has 2 amide bonds. The molecule has 1 heterocycles. The van der Waals surface area contributed by atoms with E-state index in [1.807, 2.05) is 0 Å². The van der Waals surface area contributed by atoms with E-state index >= 15 is 0 Å². The second-order valence-electron chi connectivity index (χ2n) is 7.07. The van der Waals surface area contributed by atoms with Gasteiger partial charge in [-0.15, -0.1) is 0 Å². The Bertz CT molecular complexity index is 726. The molecule has 2 atom stereocenters. The molecule has 28 heavy (non-hydrogen) atoms. The predicted octanol–water partition coefficient (Wildman–Crippen LogP) is 0.729. The van der Waals surface area contributed by atoms with Gasteiger partial charge in [0.25, 0.3) is 11.8 Å². The van der Waals surface area contributed by atoms with E-state index in [2.05, 4.69) is 15.6 Å². The highest BCUT2D eigenvalue weighted by Gasteiger charge is 2.29. The molecule has 0 unspecified atom stereocenters. The van der Waals surface area contributed by atoms with Crippen molar-refractivity contribution in [2.45, 2.75) is 63.8 Å². The summed E-state index contributed by atoms with van der Waals surface area (Å²) in [6.07, 6.45) is 1.75. The molecule has 2 fully saturated rings. The number of carbonyl (C=O) groups excluding carboxylic acids is 4. The van der Waals surface area contributed by atoms with Crippen LogP contribution in [0.2, 0.25) is 0 Å². The van der Waals surface area contributed by atoms with Crippen LogP contribution in [0.5, 0.6) is 0 Å². The fraction of sp³-hybridized carbons (Fsp3) is 0.526. The number of pyridine rings is 1. The topological polar surface area (TPSA) is 124 Å². The number of nitrogens with zero attached hydrogens (tertiary/aromatic N) is 1. The largest absolute Gasteiger partial charge is 0.448 e. The fourth-order valence-electron chi connectivity index (χ4n) is 2.30. The van der Waals surface area contributed by atoms with Crippen LogP contribution in [0.3, 0.4) is 0 Å². The van der Waals surface area contributed by atoms with E-state index < -0.39 is 24.1 Å². The van der Waals surface area contributed by atoms with Crippen molar-refractivity contribution in [2.75, 3.05) is 0 Å². The minimum absolute atomic E-state index is 0.129. The van der Waals surface area contributed by atoms with Gasteiger partial charge in [-0.3, -0.25) is 9.59 Å². The number of ether oxygens (including phenoxy) is 2. The normalized spacial score (nSPS) is 17.8. The molecule has 0 bridgehead atoms. The zero-order valence-electron chi connectivity index (χ0n) is 15.8. The predicted molar refractivity (Wildman–Crippen MR) is 96.3 cm³/mol. The van der Waals surface area contributed by atoms with Gasteiger partial charge >= 0.3 is 11.9 Å². The zero-order valence-corrected chi connectivity index (χ0v) is 15.8. The Labute approximate surface area is 162 Å². The SMILES string of the molecule is C[C@@H](OC(=O)c1cccc(C(=O)O[C@H](C)C(=O)NC2CC2)n1)C(=O)NC1CC1. The lowest BCUT2D eigenvalue weighted by molar-refractivity contribution is -0.129. The van der Waals surface area contributed by atoms with E-state index in [0.717, 1.165) is 25.7 Å². The number of aromatic nitrogens is 1. The highest BCUT2D eigenvalue weighted by atomic mass is 16.6. The van der Waals surface area contributed by atoms with Crippen molar-refractivity contribution in [3.63, 3.8) is 0 Å². The molecule has 2 N–H and O–H groups in total. The second kappa shape index (κ2) is 8.37. The van der Waals surface area contributed by atoms with Crippen molar-refractivity contribution in [3.05, 3.63) is 29.6 Å². The Morgan fingerprint density at radius 1 is 0.857 bits per heavy atom. The zero-order chi connectivity index (χ0) is 20.3. The van der Waals surface area contributed by atoms with E-state index in [4.69, 9.17) is 9.47 Å². The molecule has 1 aromatic heterocycles. The van der Waals surface area contributed by atoms with E-state index in [1.54, 1.807) is 0 Å². The molecule has 0 aromatic carbocycles. The molecule has 1 aromatic rings. The van der Waals surface area contributed by atoms with Crippen LogP contribution in [0, 0.1) is 0 Å². The molecule has 0 saturated heterocycles. The number of hydrogen-bond donors (Lipinski definition) is 2. The molecule has 2 saturated carbocycles. The minimum atomic E-state index is -0.975. The van der Waals surface area contributed by atoms with Gasteiger partial charge in [-0.2, -0.15) is 0 Å². The molecule has 0 aliphatic heterocycles. The van der Waals surface area contributed by atoms with E-state index in [0.29, 0.717) is 0 Å². The van der Waals surface area contributed by atoms with Gasteiger partial charge in [-0.1, -0.05) is 6.07 Å². The number of rotatable bonds is 8. The summed E-state index contributed by atoms with van der Waals surface area (Å²) >= 11 is 0. The molecular formula is C19H23N3O6. The van der Waals surface area contributed by atoms with Crippen LogP contribution in [0.15, 0.2) is 18.2 Å². The molecule has 0 spiro atoms.